The zero-order chi connectivity index (χ0) is 14.0. The molecular weight excluding hydrogens is 266 g/mol. The molecule has 7 heteroatoms. The van der Waals surface area contributed by atoms with Crippen LogP contribution in [0.5, 0.6) is 0 Å². The van der Waals surface area contributed by atoms with Crippen molar-refractivity contribution in [3.63, 3.8) is 0 Å². The van der Waals surface area contributed by atoms with E-state index >= 15 is 0 Å². The van der Waals surface area contributed by atoms with Crippen molar-refractivity contribution in [1.82, 2.24) is 13.9 Å². The van der Waals surface area contributed by atoms with Gasteiger partial charge in [0.2, 0.25) is 5.91 Å². The third-order valence-electron chi connectivity index (χ3n) is 4.04. The Morgan fingerprint density at radius 2 is 1.95 bits per heavy atom. The lowest BCUT2D eigenvalue weighted by molar-refractivity contribution is -0.129. The summed E-state index contributed by atoms with van der Waals surface area (Å²) in [4.78, 5) is 13.9. The molecule has 1 N–H and O–H groups in total. The van der Waals surface area contributed by atoms with Gasteiger partial charge in [-0.15, -0.1) is 0 Å². The molecule has 1 aliphatic heterocycles. The summed E-state index contributed by atoms with van der Waals surface area (Å²) in [6.45, 7) is 1.04. The monoisotopic (exact) mass is 289 g/mol. The number of carbonyl (C=O) groups is 1. The normalized spacial score (nSPS) is 25.7. The smallest absolute Gasteiger partial charge is 0.278 e. The average molecular weight is 289 g/mol. The molecule has 6 nitrogen and oxygen atoms in total. The Kier molecular flexibility index (Phi) is 4.47. The van der Waals surface area contributed by atoms with E-state index in [1.165, 1.54) is 26.9 Å². The standard InChI is InChI=1S/C12H23N3O3S/c1-14(2)19(17,18)13-8-10-7-12(16)15(9-10)11-5-3-4-6-11/h10-11,13H,3-9H2,1-2H3. The Labute approximate surface area is 115 Å². The zero-order valence-corrected chi connectivity index (χ0v) is 12.4. The Hall–Kier alpha value is -0.660. The van der Waals surface area contributed by atoms with Crippen LogP contribution in [0.1, 0.15) is 32.1 Å². The van der Waals surface area contributed by atoms with Gasteiger partial charge in [0.15, 0.2) is 0 Å². The average Bonchev–Trinajstić information content (AvgIpc) is 2.95. The van der Waals surface area contributed by atoms with Crippen molar-refractivity contribution in [2.45, 2.75) is 38.1 Å². The maximum Gasteiger partial charge on any atom is 0.278 e. The minimum Gasteiger partial charge on any atom is -0.339 e. The van der Waals surface area contributed by atoms with Gasteiger partial charge >= 0.3 is 0 Å². The van der Waals surface area contributed by atoms with Gasteiger partial charge in [0.05, 0.1) is 0 Å². The third kappa shape index (κ3) is 3.46. The van der Waals surface area contributed by atoms with E-state index in [9.17, 15) is 13.2 Å². The van der Waals surface area contributed by atoms with Gasteiger partial charge in [0.25, 0.3) is 10.2 Å². The van der Waals surface area contributed by atoms with Crippen LogP contribution < -0.4 is 4.72 Å². The van der Waals surface area contributed by atoms with Crippen molar-refractivity contribution in [2.24, 2.45) is 5.92 Å². The Bertz CT molecular complexity index is 430. The highest BCUT2D eigenvalue weighted by molar-refractivity contribution is 7.87. The first kappa shape index (κ1) is 14.7. The fourth-order valence-electron chi connectivity index (χ4n) is 2.87. The molecule has 1 unspecified atom stereocenters. The van der Waals surface area contributed by atoms with Crippen LogP contribution >= 0.6 is 0 Å². The van der Waals surface area contributed by atoms with Crippen LogP contribution in [0.4, 0.5) is 0 Å². The molecule has 1 saturated heterocycles. The molecule has 0 aromatic rings. The molecular formula is C12H23N3O3S. The molecule has 1 atom stereocenters. The third-order valence-corrected chi connectivity index (χ3v) is 5.53. The first-order valence-electron chi connectivity index (χ1n) is 6.86. The summed E-state index contributed by atoms with van der Waals surface area (Å²) in [6.07, 6.45) is 5.06. The summed E-state index contributed by atoms with van der Waals surface area (Å²) >= 11 is 0. The maximum absolute atomic E-state index is 12.0. The predicted molar refractivity (Wildman–Crippen MR) is 72.7 cm³/mol. The molecule has 1 saturated carbocycles. The lowest BCUT2D eigenvalue weighted by Crippen LogP contribution is -2.39. The molecule has 19 heavy (non-hydrogen) atoms. The zero-order valence-electron chi connectivity index (χ0n) is 11.6. The Morgan fingerprint density at radius 1 is 1.32 bits per heavy atom. The molecule has 2 rings (SSSR count). The van der Waals surface area contributed by atoms with Crippen LogP contribution in [-0.2, 0) is 15.0 Å². The summed E-state index contributed by atoms with van der Waals surface area (Å²) in [6, 6.07) is 0.392. The van der Waals surface area contributed by atoms with Crippen LogP contribution in [-0.4, -0.2) is 56.8 Å². The van der Waals surface area contributed by atoms with Gasteiger partial charge in [0.1, 0.15) is 0 Å². The van der Waals surface area contributed by atoms with E-state index in [2.05, 4.69) is 4.72 Å². The van der Waals surface area contributed by atoms with Gasteiger partial charge in [-0.25, -0.2) is 4.72 Å². The van der Waals surface area contributed by atoms with E-state index in [0.29, 0.717) is 25.6 Å². The van der Waals surface area contributed by atoms with E-state index < -0.39 is 10.2 Å². The predicted octanol–water partition coefficient (Wildman–Crippen LogP) is 0.174. The van der Waals surface area contributed by atoms with Crippen molar-refractivity contribution in [3.8, 4) is 0 Å². The van der Waals surface area contributed by atoms with Crippen molar-refractivity contribution < 1.29 is 13.2 Å². The second-order valence-corrected chi connectivity index (χ2v) is 7.66. The number of hydrogen-bond acceptors (Lipinski definition) is 3. The molecule has 1 aliphatic carbocycles. The first-order chi connectivity index (χ1) is 8.90. The number of nitrogens with zero attached hydrogens (tertiary/aromatic N) is 2. The lowest BCUT2D eigenvalue weighted by atomic mass is 10.1. The molecule has 2 fully saturated rings. The largest absolute Gasteiger partial charge is 0.339 e. The molecule has 110 valence electrons. The topological polar surface area (TPSA) is 69.7 Å². The van der Waals surface area contributed by atoms with E-state index in [-0.39, 0.29) is 11.8 Å². The number of nitrogens with one attached hydrogen (secondary N) is 1. The van der Waals surface area contributed by atoms with Crippen LogP contribution in [0, 0.1) is 5.92 Å². The van der Waals surface area contributed by atoms with Crippen LogP contribution in [0.3, 0.4) is 0 Å². The minimum absolute atomic E-state index is 0.0998. The summed E-state index contributed by atoms with van der Waals surface area (Å²) < 4.78 is 26.9. The summed E-state index contributed by atoms with van der Waals surface area (Å²) in [7, 11) is -0.400. The second kappa shape index (κ2) is 5.76. The van der Waals surface area contributed by atoms with Gasteiger partial charge in [-0.05, 0) is 18.8 Å². The lowest BCUT2D eigenvalue weighted by Gasteiger charge is -2.24. The molecule has 0 aromatic carbocycles. The van der Waals surface area contributed by atoms with E-state index in [1.54, 1.807) is 0 Å². The molecule has 2 aliphatic rings. The van der Waals surface area contributed by atoms with E-state index in [1.807, 2.05) is 4.90 Å². The fraction of sp³-hybridized carbons (Fsp3) is 0.917. The first-order valence-corrected chi connectivity index (χ1v) is 8.31. The highest BCUT2D eigenvalue weighted by Crippen LogP contribution is 2.29. The molecule has 1 amide bonds. The highest BCUT2D eigenvalue weighted by Gasteiger charge is 2.35. The van der Waals surface area contributed by atoms with Crippen LogP contribution in [0.2, 0.25) is 0 Å². The Morgan fingerprint density at radius 3 is 2.53 bits per heavy atom. The fourth-order valence-corrected chi connectivity index (χ4v) is 3.57. The van der Waals surface area contributed by atoms with Crippen molar-refractivity contribution in [1.29, 1.82) is 0 Å². The van der Waals surface area contributed by atoms with Crippen molar-refractivity contribution in [2.75, 3.05) is 27.2 Å². The van der Waals surface area contributed by atoms with Gasteiger partial charge in [0, 0.05) is 39.6 Å². The quantitative estimate of drug-likeness (QED) is 0.784. The van der Waals surface area contributed by atoms with Gasteiger partial charge in [-0.1, -0.05) is 12.8 Å². The van der Waals surface area contributed by atoms with Crippen molar-refractivity contribution in [3.05, 3.63) is 0 Å². The molecule has 0 aromatic heterocycles. The molecule has 0 radical (unpaired) electrons. The number of carbonyl (C=O) groups excluding carboxylic acids is 1. The summed E-state index contributed by atoms with van der Waals surface area (Å²) in [5.41, 5.74) is 0. The van der Waals surface area contributed by atoms with Crippen molar-refractivity contribution >= 4 is 16.1 Å². The molecule has 0 bridgehead atoms. The van der Waals surface area contributed by atoms with Gasteiger partial charge in [-0.3, -0.25) is 4.79 Å². The number of likely N-dealkylation sites (tertiary alicyclic amines) is 1. The molecule has 1 heterocycles. The summed E-state index contributed by atoms with van der Waals surface area (Å²) in [5, 5.41) is 0. The van der Waals surface area contributed by atoms with Crippen LogP contribution in [0.15, 0.2) is 0 Å². The highest BCUT2D eigenvalue weighted by atomic mass is 32.2. The minimum atomic E-state index is -3.39. The SMILES string of the molecule is CN(C)S(=O)(=O)NCC1CC(=O)N(C2CCCC2)C1. The Balaban J connectivity index is 1.86. The van der Waals surface area contributed by atoms with Crippen LogP contribution in [0.25, 0.3) is 0 Å². The number of hydrogen-bond donors (Lipinski definition) is 1. The number of amides is 1. The number of rotatable bonds is 5. The molecule has 0 spiro atoms. The summed E-state index contributed by atoms with van der Waals surface area (Å²) in [5.74, 6) is 0.281. The maximum atomic E-state index is 12.0. The van der Waals surface area contributed by atoms with E-state index in [4.69, 9.17) is 0 Å². The van der Waals surface area contributed by atoms with Gasteiger partial charge < -0.3 is 4.90 Å². The van der Waals surface area contributed by atoms with Gasteiger partial charge in [-0.2, -0.15) is 12.7 Å². The second-order valence-electron chi connectivity index (χ2n) is 5.69. The van der Waals surface area contributed by atoms with E-state index in [0.717, 1.165) is 17.1 Å².